The van der Waals surface area contributed by atoms with Crippen LogP contribution < -0.4 is 10.2 Å². The van der Waals surface area contributed by atoms with Crippen molar-refractivity contribution in [2.24, 2.45) is 0 Å². The first-order valence-electron chi connectivity index (χ1n) is 10.6. The number of hydrogen-bond donors (Lipinski definition) is 3. The van der Waals surface area contributed by atoms with Gasteiger partial charge in [0.15, 0.2) is 0 Å². The maximum Gasteiger partial charge on any atom is 0.245 e. The largest absolute Gasteiger partial charge is 0.507 e. The Morgan fingerprint density at radius 1 is 1.09 bits per heavy atom. The molecule has 0 bridgehead atoms. The fourth-order valence-electron chi connectivity index (χ4n) is 4.77. The molecular formula is C23H28N8O. The fourth-order valence-corrected chi connectivity index (χ4v) is 4.77. The number of aromatic amines is 1. The molecule has 166 valence electrons. The number of rotatable bonds is 4. The number of benzene rings is 1. The summed E-state index contributed by atoms with van der Waals surface area (Å²) in [7, 11) is 2.00. The average Bonchev–Trinajstić information content (AvgIpc) is 3.20. The highest BCUT2D eigenvalue weighted by Crippen LogP contribution is 2.34. The number of phenolic OH excluding ortho intramolecular Hbond substituents is 1. The Morgan fingerprint density at radius 2 is 1.81 bits per heavy atom. The van der Waals surface area contributed by atoms with Crippen molar-refractivity contribution < 1.29 is 5.11 Å². The van der Waals surface area contributed by atoms with Gasteiger partial charge in [0.2, 0.25) is 5.95 Å². The van der Waals surface area contributed by atoms with Crippen LogP contribution in [0.3, 0.4) is 0 Å². The Hall–Kier alpha value is -3.51. The number of anilines is 1. The third-order valence-corrected chi connectivity index (χ3v) is 5.92. The molecule has 1 fully saturated rings. The molecule has 1 aliphatic rings. The van der Waals surface area contributed by atoms with E-state index in [0.717, 1.165) is 12.8 Å². The maximum atomic E-state index is 10.6. The smallest absolute Gasteiger partial charge is 0.245 e. The van der Waals surface area contributed by atoms with Crippen LogP contribution in [-0.4, -0.2) is 54.7 Å². The quantitative estimate of drug-likeness (QED) is 0.573. The summed E-state index contributed by atoms with van der Waals surface area (Å²) >= 11 is 0. The van der Waals surface area contributed by atoms with Gasteiger partial charge in [-0.2, -0.15) is 10.4 Å². The van der Waals surface area contributed by atoms with Crippen molar-refractivity contribution >= 4 is 5.95 Å². The molecule has 0 amide bonds. The number of piperidine rings is 1. The zero-order valence-corrected chi connectivity index (χ0v) is 19.0. The molecule has 3 heterocycles. The number of nitriles is 1. The standard InChI is InChI=1S/C23H28N8O/c1-22(2)9-15(10-23(3,4)30-22)31(5)21-25-13-19(28-29-21)16-7-6-14(8-20(16)32)17-12-26-27-18(17)11-24/h6-8,12-13,15,30,32H,9-10H2,1-5H3,(H,26,27). The van der Waals surface area contributed by atoms with Gasteiger partial charge in [0.25, 0.3) is 0 Å². The summed E-state index contributed by atoms with van der Waals surface area (Å²) < 4.78 is 0. The Bertz CT molecular complexity index is 1140. The molecule has 3 aromatic rings. The normalized spacial score (nSPS) is 17.6. The first kappa shape index (κ1) is 21.7. The van der Waals surface area contributed by atoms with Crippen LogP contribution in [0.25, 0.3) is 22.4 Å². The highest BCUT2D eigenvalue weighted by atomic mass is 16.3. The van der Waals surface area contributed by atoms with Crippen molar-refractivity contribution in [3.05, 3.63) is 36.3 Å². The first-order valence-corrected chi connectivity index (χ1v) is 10.6. The van der Waals surface area contributed by atoms with Crippen molar-refractivity contribution in [2.75, 3.05) is 11.9 Å². The Balaban J connectivity index is 1.56. The van der Waals surface area contributed by atoms with Gasteiger partial charge in [0, 0.05) is 35.3 Å². The van der Waals surface area contributed by atoms with Crippen molar-refractivity contribution in [2.45, 2.75) is 57.7 Å². The molecular weight excluding hydrogens is 404 g/mol. The Labute approximate surface area is 187 Å². The van der Waals surface area contributed by atoms with Crippen LogP contribution in [0.4, 0.5) is 5.95 Å². The van der Waals surface area contributed by atoms with Gasteiger partial charge in [0.05, 0.1) is 12.4 Å². The average molecular weight is 433 g/mol. The predicted molar refractivity (Wildman–Crippen MR) is 122 cm³/mol. The highest BCUT2D eigenvalue weighted by molar-refractivity contribution is 5.75. The van der Waals surface area contributed by atoms with E-state index in [2.05, 4.69) is 69.4 Å². The molecule has 0 atom stereocenters. The number of aromatic nitrogens is 5. The lowest BCUT2D eigenvalue weighted by atomic mass is 9.79. The third-order valence-electron chi connectivity index (χ3n) is 5.92. The molecule has 3 N–H and O–H groups in total. The highest BCUT2D eigenvalue weighted by Gasteiger charge is 2.39. The molecule has 0 saturated carbocycles. The van der Waals surface area contributed by atoms with E-state index in [4.69, 9.17) is 0 Å². The number of hydrogen-bond acceptors (Lipinski definition) is 8. The van der Waals surface area contributed by atoms with Crippen molar-refractivity contribution in [3.8, 4) is 34.2 Å². The lowest BCUT2D eigenvalue weighted by molar-refractivity contribution is 0.160. The molecule has 1 saturated heterocycles. The number of phenols is 1. The second-order valence-electron chi connectivity index (χ2n) is 9.71. The molecule has 0 aliphatic carbocycles. The molecule has 0 radical (unpaired) electrons. The summed E-state index contributed by atoms with van der Waals surface area (Å²) in [5.74, 6) is 0.590. The van der Waals surface area contributed by atoms with E-state index >= 15 is 0 Å². The molecule has 32 heavy (non-hydrogen) atoms. The van der Waals surface area contributed by atoms with Crippen LogP contribution in [-0.2, 0) is 0 Å². The molecule has 0 unspecified atom stereocenters. The fraction of sp³-hybridized carbons (Fsp3) is 0.435. The second-order valence-corrected chi connectivity index (χ2v) is 9.71. The molecule has 9 nitrogen and oxygen atoms in total. The number of H-pyrrole nitrogens is 1. The number of nitrogens with zero attached hydrogens (tertiary/aromatic N) is 6. The third kappa shape index (κ3) is 4.27. The molecule has 0 spiro atoms. The minimum Gasteiger partial charge on any atom is -0.507 e. The van der Waals surface area contributed by atoms with E-state index < -0.39 is 0 Å². The summed E-state index contributed by atoms with van der Waals surface area (Å²) in [4.78, 5) is 6.62. The van der Waals surface area contributed by atoms with Crippen LogP contribution in [0, 0.1) is 11.3 Å². The van der Waals surface area contributed by atoms with Gasteiger partial charge in [-0.1, -0.05) is 6.07 Å². The van der Waals surface area contributed by atoms with E-state index in [1.807, 2.05) is 13.1 Å². The molecule has 9 heteroatoms. The summed E-state index contributed by atoms with van der Waals surface area (Å²) in [6.45, 7) is 8.86. The van der Waals surface area contributed by atoms with Crippen LogP contribution in [0.1, 0.15) is 46.2 Å². The van der Waals surface area contributed by atoms with Crippen LogP contribution in [0.2, 0.25) is 0 Å². The van der Waals surface area contributed by atoms with E-state index in [9.17, 15) is 10.4 Å². The predicted octanol–water partition coefficient (Wildman–Crippen LogP) is 3.25. The topological polar surface area (TPSA) is 127 Å². The van der Waals surface area contributed by atoms with E-state index in [0.29, 0.717) is 34.0 Å². The monoisotopic (exact) mass is 432 g/mol. The Morgan fingerprint density at radius 3 is 2.41 bits per heavy atom. The minimum absolute atomic E-state index is 0.0159. The molecule has 2 aromatic heterocycles. The zero-order valence-electron chi connectivity index (χ0n) is 19.0. The molecule has 1 aromatic carbocycles. The van der Waals surface area contributed by atoms with Gasteiger partial charge in [-0.25, -0.2) is 4.98 Å². The van der Waals surface area contributed by atoms with Crippen LogP contribution in [0.15, 0.2) is 30.6 Å². The number of aromatic hydroxyl groups is 1. The summed E-state index contributed by atoms with van der Waals surface area (Å²) in [5.41, 5.74) is 2.69. The summed E-state index contributed by atoms with van der Waals surface area (Å²) in [6.07, 6.45) is 5.13. The SMILES string of the molecule is CN(c1ncc(-c2ccc(-c3cn[nH]c3C#N)cc2O)nn1)C1CC(C)(C)NC(C)(C)C1. The summed E-state index contributed by atoms with van der Waals surface area (Å²) in [6, 6.07) is 7.47. The van der Waals surface area contributed by atoms with Crippen LogP contribution in [0.5, 0.6) is 5.75 Å². The van der Waals surface area contributed by atoms with E-state index in [-0.39, 0.29) is 22.9 Å². The lowest BCUT2D eigenvalue weighted by Crippen LogP contribution is -2.62. The van der Waals surface area contributed by atoms with Crippen LogP contribution >= 0.6 is 0 Å². The van der Waals surface area contributed by atoms with Gasteiger partial charge in [-0.15, -0.1) is 10.2 Å². The van der Waals surface area contributed by atoms with Crippen molar-refractivity contribution in [1.29, 1.82) is 5.26 Å². The van der Waals surface area contributed by atoms with Gasteiger partial charge < -0.3 is 15.3 Å². The Kier molecular flexibility index (Phi) is 5.34. The van der Waals surface area contributed by atoms with Gasteiger partial charge in [-0.3, -0.25) is 5.10 Å². The lowest BCUT2D eigenvalue weighted by Gasteiger charge is -2.48. The number of nitrogens with one attached hydrogen (secondary N) is 2. The van der Waals surface area contributed by atoms with Gasteiger partial charge in [0.1, 0.15) is 23.2 Å². The minimum atomic E-state index is 0.0159. The maximum absolute atomic E-state index is 10.6. The van der Waals surface area contributed by atoms with Crippen molar-refractivity contribution in [1.82, 2.24) is 30.7 Å². The molecule has 1 aliphatic heterocycles. The van der Waals surface area contributed by atoms with Gasteiger partial charge >= 0.3 is 0 Å². The van der Waals surface area contributed by atoms with Crippen molar-refractivity contribution in [3.63, 3.8) is 0 Å². The molecule has 4 rings (SSSR count). The van der Waals surface area contributed by atoms with E-state index in [1.54, 1.807) is 24.5 Å². The van der Waals surface area contributed by atoms with E-state index in [1.165, 1.54) is 0 Å². The second kappa shape index (κ2) is 7.88. The van der Waals surface area contributed by atoms with Gasteiger partial charge in [-0.05, 0) is 58.2 Å². The zero-order chi connectivity index (χ0) is 23.1. The summed E-state index contributed by atoms with van der Waals surface area (Å²) in [5, 5.41) is 38.6. The first-order chi connectivity index (χ1) is 15.1.